The minimum absolute atomic E-state index is 1.02. The summed E-state index contributed by atoms with van der Waals surface area (Å²) in [7, 11) is 0. The van der Waals surface area contributed by atoms with Gasteiger partial charge in [0, 0.05) is 0 Å². The van der Waals surface area contributed by atoms with Crippen LogP contribution < -0.4 is 0 Å². The first kappa shape index (κ1) is 40.0. The zero-order valence-corrected chi connectivity index (χ0v) is 29.2. The summed E-state index contributed by atoms with van der Waals surface area (Å²) in [4.78, 5) is 0. The molecular weight excluding hydrogens is 480 g/mol. The molecule has 0 nitrogen and oxygen atoms in total. The SMILES string of the molecule is CCCCCCCCCCC(CCCCCCCC)CCC(CCCCCCCC)CCCCCCCCCC. The Balaban J connectivity index is 4.53. The maximum absolute atomic E-state index is 2.34. The molecule has 0 aliphatic rings. The van der Waals surface area contributed by atoms with Gasteiger partial charge in [0.15, 0.2) is 0 Å². The van der Waals surface area contributed by atoms with E-state index in [4.69, 9.17) is 0 Å². The minimum atomic E-state index is 1.02. The van der Waals surface area contributed by atoms with Crippen LogP contribution in [0.25, 0.3) is 0 Å². The molecule has 0 aliphatic carbocycles. The van der Waals surface area contributed by atoms with Crippen molar-refractivity contribution in [1.82, 2.24) is 0 Å². The predicted octanol–water partition coefficient (Wildman–Crippen LogP) is 15.6. The average Bonchev–Trinajstić information content (AvgIpc) is 2.97. The van der Waals surface area contributed by atoms with Crippen molar-refractivity contribution in [2.45, 2.75) is 246 Å². The first-order valence-electron chi connectivity index (χ1n) is 19.8. The molecule has 0 bridgehead atoms. The molecule has 0 saturated heterocycles. The molecule has 242 valence electrons. The highest BCUT2D eigenvalue weighted by Gasteiger charge is 2.14. The van der Waals surface area contributed by atoms with Crippen LogP contribution in [0.1, 0.15) is 246 Å². The van der Waals surface area contributed by atoms with Gasteiger partial charge in [-0.1, -0.05) is 246 Å². The van der Waals surface area contributed by atoms with Crippen LogP contribution in [0.3, 0.4) is 0 Å². The second-order valence-electron chi connectivity index (χ2n) is 13.9. The van der Waals surface area contributed by atoms with E-state index in [1.807, 2.05) is 0 Å². The summed E-state index contributed by atoms with van der Waals surface area (Å²) in [5.41, 5.74) is 0. The third-order valence-electron chi connectivity index (χ3n) is 9.85. The Bertz CT molecular complexity index is 386. The standard InChI is InChI=1S/C40H82/c1-5-9-13-17-21-23-27-31-35-39(33-29-25-19-15-11-7-3)37-38-40(34-30-26-20-16-12-8-4)36-32-28-24-22-18-14-10-6-2/h39-40H,5-38H2,1-4H3. The fraction of sp³-hybridized carbons (Fsp3) is 1.00. The number of unbranched alkanes of at least 4 members (excludes halogenated alkanes) is 24. The summed E-state index contributed by atoms with van der Waals surface area (Å²) in [6, 6.07) is 0. The van der Waals surface area contributed by atoms with Crippen LogP contribution in [0, 0.1) is 11.8 Å². The van der Waals surface area contributed by atoms with E-state index in [0.29, 0.717) is 0 Å². The summed E-state index contributed by atoms with van der Waals surface area (Å²) in [6.45, 7) is 9.35. The van der Waals surface area contributed by atoms with Gasteiger partial charge in [0.25, 0.3) is 0 Å². The van der Waals surface area contributed by atoms with Crippen molar-refractivity contribution in [3.63, 3.8) is 0 Å². The molecule has 2 unspecified atom stereocenters. The second kappa shape index (κ2) is 35.2. The quantitative estimate of drug-likeness (QED) is 0.0674. The van der Waals surface area contributed by atoms with Gasteiger partial charge in [-0.15, -0.1) is 0 Å². The smallest absolute Gasteiger partial charge is 0.0414 e. The third-order valence-corrected chi connectivity index (χ3v) is 9.85. The van der Waals surface area contributed by atoms with Gasteiger partial charge in [0.1, 0.15) is 0 Å². The molecule has 0 aromatic rings. The van der Waals surface area contributed by atoms with Gasteiger partial charge in [-0.05, 0) is 11.8 Å². The van der Waals surface area contributed by atoms with Gasteiger partial charge in [-0.2, -0.15) is 0 Å². The average molecular weight is 563 g/mol. The number of hydrogen-bond acceptors (Lipinski definition) is 0. The maximum atomic E-state index is 2.34. The van der Waals surface area contributed by atoms with Crippen molar-refractivity contribution in [2.24, 2.45) is 11.8 Å². The zero-order chi connectivity index (χ0) is 29.2. The monoisotopic (exact) mass is 563 g/mol. The molecule has 40 heavy (non-hydrogen) atoms. The van der Waals surface area contributed by atoms with E-state index in [9.17, 15) is 0 Å². The van der Waals surface area contributed by atoms with E-state index in [2.05, 4.69) is 27.7 Å². The van der Waals surface area contributed by atoms with Gasteiger partial charge < -0.3 is 0 Å². The molecule has 0 saturated carbocycles. The minimum Gasteiger partial charge on any atom is -0.0654 e. The lowest BCUT2D eigenvalue weighted by molar-refractivity contribution is 0.309. The Morgan fingerprint density at radius 1 is 0.200 bits per heavy atom. The molecule has 0 heterocycles. The third kappa shape index (κ3) is 30.9. The van der Waals surface area contributed by atoms with E-state index in [1.165, 1.54) is 205 Å². The highest BCUT2D eigenvalue weighted by molar-refractivity contribution is 4.67. The van der Waals surface area contributed by atoms with Crippen LogP contribution in [-0.4, -0.2) is 0 Å². The lowest BCUT2D eigenvalue weighted by Crippen LogP contribution is -2.07. The van der Waals surface area contributed by atoms with Gasteiger partial charge in [0.05, 0.1) is 0 Å². The van der Waals surface area contributed by atoms with Gasteiger partial charge >= 0.3 is 0 Å². The lowest BCUT2D eigenvalue weighted by atomic mass is 9.84. The van der Waals surface area contributed by atoms with Crippen molar-refractivity contribution in [3.05, 3.63) is 0 Å². The molecule has 0 fully saturated rings. The van der Waals surface area contributed by atoms with Crippen molar-refractivity contribution in [2.75, 3.05) is 0 Å². The Labute approximate surface area is 257 Å². The summed E-state index contributed by atoms with van der Waals surface area (Å²) >= 11 is 0. The molecular formula is C40H82. The van der Waals surface area contributed by atoms with Crippen molar-refractivity contribution in [3.8, 4) is 0 Å². The molecule has 0 amide bonds. The molecule has 0 heteroatoms. The fourth-order valence-electron chi connectivity index (χ4n) is 6.90. The summed E-state index contributed by atoms with van der Waals surface area (Å²) < 4.78 is 0. The lowest BCUT2D eigenvalue weighted by Gasteiger charge is -2.22. The van der Waals surface area contributed by atoms with E-state index in [0.717, 1.165) is 11.8 Å². The molecule has 0 aromatic heterocycles. The first-order valence-corrected chi connectivity index (χ1v) is 19.8. The number of rotatable bonds is 35. The fourth-order valence-corrected chi connectivity index (χ4v) is 6.90. The molecule has 0 rings (SSSR count). The predicted molar refractivity (Wildman–Crippen MR) is 187 cm³/mol. The molecule has 0 N–H and O–H groups in total. The van der Waals surface area contributed by atoms with Crippen LogP contribution in [0.4, 0.5) is 0 Å². The Morgan fingerprint density at radius 2 is 0.375 bits per heavy atom. The summed E-state index contributed by atoms with van der Waals surface area (Å²) in [5.74, 6) is 2.05. The van der Waals surface area contributed by atoms with Crippen molar-refractivity contribution in [1.29, 1.82) is 0 Å². The maximum Gasteiger partial charge on any atom is -0.0414 e. The van der Waals surface area contributed by atoms with Gasteiger partial charge in [-0.25, -0.2) is 0 Å². The highest BCUT2D eigenvalue weighted by atomic mass is 14.2. The van der Waals surface area contributed by atoms with E-state index in [-0.39, 0.29) is 0 Å². The molecule has 0 aliphatic heterocycles. The Hall–Kier alpha value is 0. The zero-order valence-electron chi connectivity index (χ0n) is 29.2. The van der Waals surface area contributed by atoms with Crippen LogP contribution >= 0.6 is 0 Å². The normalized spacial score (nSPS) is 13.2. The van der Waals surface area contributed by atoms with Crippen molar-refractivity contribution >= 4 is 0 Å². The Morgan fingerprint density at radius 3 is 0.575 bits per heavy atom. The topological polar surface area (TPSA) is 0 Å². The van der Waals surface area contributed by atoms with Crippen LogP contribution in [0.5, 0.6) is 0 Å². The second-order valence-corrected chi connectivity index (χ2v) is 13.9. The van der Waals surface area contributed by atoms with Crippen LogP contribution in [-0.2, 0) is 0 Å². The highest BCUT2D eigenvalue weighted by Crippen LogP contribution is 2.30. The van der Waals surface area contributed by atoms with Crippen molar-refractivity contribution < 1.29 is 0 Å². The molecule has 0 aromatic carbocycles. The molecule has 0 spiro atoms. The van der Waals surface area contributed by atoms with Gasteiger partial charge in [0.2, 0.25) is 0 Å². The van der Waals surface area contributed by atoms with Crippen LogP contribution in [0.2, 0.25) is 0 Å². The van der Waals surface area contributed by atoms with E-state index in [1.54, 1.807) is 12.8 Å². The largest absolute Gasteiger partial charge is 0.0654 e. The molecule has 0 radical (unpaired) electrons. The Kier molecular flexibility index (Phi) is 35.2. The first-order chi connectivity index (χ1) is 19.8. The summed E-state index contributed by atoms with van der Waals surface area (Å²) in [6.07, 6.45) is 50.3. The van der Waals surface area contributed by atoms with E-state index >= 15 is 0 Å². The van der Waals surface area contributed by atoms with E-state index < -0.39 is 0 Å². The van der Waals surface area contributed by atoms with Crippen LogP contribution in [0.15, 0.2) is 0 Å². The van der Waals surface area contributed by atoms with Gasteiger partial charge in [-0.3, -0.25) is 0 Å². The summed E-state index contributed by atoms with van der Waals surface area (Å²) in [5, 5.41) is 0. The number of hydrogen-bond donors (Lipinski definition) is 0. The molecule has 2 atom stereocenters.